The standard InChI is InChI=1S/C14H22N2O2S2/c1-11-10-12(15)4-5-13(11)20(17,18)16-7-6-14(2,3)19-9-8-16/h4-5,10H,6-9,15H2,1-3H3. The summed E-state index contributed by atoms with van der Waals surface area (Å²) >= 11 is 1.84. The summed E-state index contributed by atoms with van der Waals surface area (Å²) in [4.78, 5) is 0.372. The van der Waals surface area contributed by atoms with Gasteiger partial charge in [-0.25, -0.2) is 8.42 Å². The monoisotopic (exact) mass is 314 g/mol. The molecule has 112 valence electrons. The van der Waals surface area contributed by atoms with Gasteiger partial charge in [0, 0.05) is 29.3 Å². The van der Waals surface area contributed by atoms with Gasteiger partial charge in [0.25, 0.3) is 0 Å². The number of aryl methyl sites for hydroxylation is 1. The van der Waals surface area contributed by atoms with Gasteiger partial charge in [-0.3, -0.25) is 0 Å². The lowest BCUT2D eigenvalue weighted by Crippen LogP contribution is -2.34. The van der Waals surface area contributed by atoms with E-state index in [1.54, 1.807) is 29.4 Å². The van der Waals surface area contributed by atoms with Crippen LogP contribution in [-0.4, -0.2) is 36.3 Å². The van der Waals surface area contributed by atoms with Crippen LogP contribution in [0.25, 0.3) is 0 Å². The highest BCUT2D eigenvalue weighted by Crippen LogP contribution is 2.33. The van der Waals surface area contributed by atoms with Gasteiger partial charge in [-0.1, -0.05) is 13.8 Å². The van der Waals surface area contributed by atoms with Crippen LogP contribution in [-0.2, 0) is 10.0 Å². The van der Waals surface area contributed by atoms with Crippen molar-refractivity contribution in [1.29, 1.82) is 0 Å². The first-order valence-electron chi connectivity index (χ1n) is 6.73. The minimum atomic E-state index is -3.42. The SMILES string of the molecule is Cc1cc(N)ccc1S(=O)(=O)N1CCSC(C)(C)CC1. The normalized spacial score (nSPS) is 20.6. The maximum atomic E-state index is 12.8. The Kier molecular flexibility index (Phi) is 4.37. The Hall–Kier alpha value is -0.720. The van der Waals surface area contributed by atoms with Crippen LogP contribution in [0, 0.1) is 6.92 Å². The molecule has 1 heterocycles. The Morgan fingerprint density at radius 1 is 1.30 bits per heavy atom. The van der Waals surface area contributed by atoms with Crippen LogP contribution in [0.1, 0.15) is 25.8 Å². The van der Waals surface area contributed by atoms with Crippen LogP contribution in [0.3, 0.4) is 0 Å². The topological polar surface area (TPSA) is 63.4 Å². The zero-order valence-electron chi connectivity index (χ0n) is 12.2. The lowest BCUT2D eigenvalue weighted by molar-refractivity contribution is 0.415. The maximum absolute atomic E-state index is 12.8. The highest BCUT2D eigenvalue weighted by molar-refractivity contribution is 8.00. The fraction of sp³-hybridized carbons (Fsp3) is 0.571. The summed E-state index contributed by atoms with van der Waals surface area (Å²) in [5.74, 6) is 0.834. The second-order valence-electron chi connectivity index (χ2n) is 5.79. The molecule has 4 nitrogen and oxygen atoms in total. The molecule has 1 aromatic carbocycles. The van der Waals surface area contributed by atoms with Crippen molar-refractivity contribution >= 4 is 27.5 Å². The molecule has 1 saturated heterocycles. The number of nitrogens with two attached hydrogens (primary N) is 1. The van der Waals surface area contributed by atoms with Crippen molar-refractivity contribution in [3.8, 4) is 0 Å². The van der Waals surface area contributed by atoms with Gasteiger partial charge in [-0.15, -0.1) is 0 Å². The average molecular weight is 314 g/mol. The van der Waals surface area contributed by atoms with Crippen molar-refractivity contribution in [2.75, 3.05) is 24.6 Å². The lowest BCUT2D eigenvalue weighted by Gasteiger charge is -2.23. The lowest BCUT2D eigenvalue weighted by atomic mass is 10.1. The first kappa shape index (κ1) is 15.7. The number of rotatable bonds is 2. The van der Waals surface area contributed by atoms with E-state index in [0.29, 0.717) is 29.2 Å². The van der Waals surface area contributed by atoms with Crippen LogP contribution in [0.15, 0.2) is 23.1 Å². The van der Waals surface area contributed by atoms with Gasteiger partial charge in [0.15, 0.2) is 0 Å². The van der Waals surface area contributed by atoms with E-state index in [1.165, 1.54) is 0 Å². The van der Waals surface area contributed by atoms with E-state index in [0.717, 1.165) is 12.2 Å². The van der Waals surface area contributed by atoms with E-state index in [4.69, 9.17) is 5.73 Å². The number of hydrogen-bond donors (Lipinski definition) is 1. The van der Waals surface area contributed by atoms with Gasteiger partial charge in [-0.05, 0) is 37.1 Å². The maximum Gasteiger partial charge on any atom is 0.243 e. The molecular weight excluding hydrogens is 292 g/mol. The minimum absolute atomic E-state index is 0.139. The molecule has 1 fully saturated rings. The van der Waals surface area contributed by atoms with Crippen LogP contribution < -0.4 is 5.73 Å². The number of nitrogen functional groups attached to an aromatic ring is 1. The number of benzene rings is 1. The van der Waals surface area contributed by atoms with Crippen molar-refractivity contribution in [2.45, 2.75) is 36.8 Å². The summed E-state index contributed by atoms with van der Waals surface area (Å²) in [6.45, 7) is 7.27. The van der Waals surface area contributed by atoms with Gasteiger partial charge in [0.1, 0.15) is 0 Å². The van der Waals surface area contributed by atoms with Gasteiger partial charge < -0.3 is 5.73 Å². The smallest absolute Gasteiger partial charge is 0.243 e. The Morgan fingerprint density at radius 2 is 2.00 bits per heavy atom. The summed E-state index contributed by atoms with van der Waals surface area (Å²) in [5.41, 5.74) is 7.00. The van der Waals surface area contributed by atoms with Crippen LogP contribution in [0.2, 0.25) is 0 Å². The molecule has 0 spiro atoms. The van der Waals surface area contributed by atoms with Gasteiger partial charge >= 0.3 is 0 Å². The molecule has 0 aliphatic carbocycles. The molecule has 6 heteroatoms. The Bertz CT molecular complexity index is 597. The van der Waals surface area contributed by atoms with Crippen LogP contribution >= 0.6 is 11.8 Å². The second kappa shape index (κ2) is 5.58. The van der Waals surface area contributed by atoms with E-state index >= 15 is 0 Å². The number of thioether (sulfide) groups is 1. The summed E-state index contributed by atoms with van der Waals surface area (Å²) in [7, 11) is -3.42. The second-order valence-corrected chi connectivity index (χ2v) is 9.50. The number of nitrogens with zero attached hydrogens (tertiary/aromatic N) is 1. The Morgan fingerprint density at radius 3 is 2.65 bits per heavy atom. The first-order valence-corrected chi connectivity index (χ1v) is 9.15. The third kappa shape index (κ3) is 3.30. The van der Waals surface area contributed by atoms with Crippen molar-refractivity contribution in [3.63, 3.8) is 0 Å². The van der Waals surface area contributed by atoms with Gasteiger partial charge in [0.2, 0.25) is 10.0 Å². The quantitative estimate of drug-likeness (QED) is 0.852. The van der Waals surface area contributed by atoms with E-state index in [9.17, 15) is 8.42 Å². The van der Waals surface area contributed by atoms with Crippen molar-refractivity contribution in [2.24, 2.45) is 0 Å². The van der Waals surface area contributed by atoms with Crippen molar-refractivity contribution < 1.29 is 8.42 Å². The number of anilines is 1. The average Bonchev–Trinajstić information content (AvgIpc) is 2.50. The van der Waals surface area contributed by atoms with Gasteiger partial charge in [-0.2, -0.15) is 16.1 Å². The zero-order valence-corrected chi connectivity index (χ0v) is 13.9. The molecule has 2 rings (SSSR count). The molecule has 2 N–H and O–H groups in total. The van der Waals surface area contributed by atoms with E-state index in [2.05, 4.69) is 13.8 Å². The molecule has 0 amide bonds. The Balaban J connectivity index is 2.30. The molecule has 0 atom stereocenters. The van der Waals surface area contributed by atoms with E-state index in [1.807, 2.05) is 11.8 Å². The molecule has 0 radical (unpaired) electrons. The van der Waals surface area contributed by atoms with E-state index in [-0.39, 0.29) is 4.75 Å². The van der Waals surface area contributed by atoms with Gasteiger partial charge in [0.05, 0.1) is 4.90 Å². The number of sulfonamides is 1. The highest BCUT2D eigenvalue weighted by atomic mass is 32.2. The number of hydrogen-bond acceptors (Lipinski definition) is 4. The molecule has 1 aliphatic heterocycles. The predicted molar refractivity (Wildman–Crippen MR) is 85.5 cm³/mol. The zero-order chi connectivity index (χ0) is 15.0. The first-order chi connectivity index (χ1) is 9.22. The largest absolute Gasteiger partial charge is 0.399 e. The van der Waals surface area contributed by atoms with Crippen LogP contribution in [0.5, 0.6) is 0 Å². The third-order valence-electron chi connectivity index (χ3n) is 3.61. The molecular formula is C14H22N2O2S2. The fourth-order valence-electron chi connectivity index (χ4n) is 2.34. The molecule has 1 aliphatic rings. The molecule has 0 saturated carbocycles. The molecule has 20 heavy (non-hydrogen) atoms. The van der Waals surface area contributed by atoms with Crippen molar-refractivity contribution in [1.82, 2.24) is 4.31 Å². The molecule has 1 aromatic rings. The van der Waals surface area contributed by atoms with Crippen molar-refractivity contribution in [3.05, 3.63) is 23.8 Å². The summed E-state index contributed by atoms with van der Waals surface area (Å²) in [5, 5.41) is 0. The summed E-state index contributed by atoms with van der Waals surface area (Å²) in [6, 6.07) is 4.98. The van der Waals surface area contributed by atoms with Crippen LogP contribution in [0.4, 0.5) is 5.69 Å². The Labute approximate surface area is 125 Å². The molecule has 0 aromatic heterocycles. The highest BCUT2D eigenvalue weighted by Gasteiger charge is 2.31. The minimum Gasteiger partial charge on any atom is -0.399 e. The summed E-state index contributed by atoms with van der Waals surface area (Å²) in [6.07, 6.45) is 0.866. The molecule has 0 unspecified atom stereocenters. The third-order valence-corrected chi connectivity index (χ3v) is 7.04. The summed E-state index contributed by atoms with van der Waals surface area (Å²) < 4.78 is 27.3. The van der Waals surface area contributed by atoms with E-state index < -0.39 is 10.0 Å². The fourth-order valence-corrected chi connectivity index (χ4v) is 5.21. The molecule has 0 bridgehead atoms. The predicted octanol–water partition coefficient (Wildman–Crippen LogP) is 2.48.